The molecule has 0 N–H and O–H groups in total. The van der Waals surface area contributed by atoms with Gasteiger partial charge in [-0.05, 0) is 37.6 Å². The van der Waals surface area contributed by atoms with Gasteiger partial charge in [-0.2, -0.15) is 0 Å². The van der Waals surface area contributed by atoms with Crippen LogP contribution in [0.15, 0.2) is 69.6 Å². The van der Waals surface area contributed by atoms with Crippen molar-refractivity contribution in [3.05, 3.63) is 101 Å². The smallest absolute Gasteiger partial charge is 0.338 e. The normalized spacial score (nSPS) is 16.1. The molecule has 3 aromatic rings. The molecule has 1 aliphatic rings. The average molecular weight is 457 g/mol. The van der Waals surface area contributed by atoms with Gasteiger partial charge >= 0.3 is 5.97 Å². The Kier molecular flexibility index (Phi) is 5.89. The topological polar surface area (TPSA) is 60.7 Å². The Labute approximate surface area is 186 Å². The predicted octanol–water partition coefficient (Wildman–Crippen LogP) is 3.59. The molecule has 0 fully saturated rings. The fourth-order valence-electron chi connectivity index (χ4n) is 3.52. The van der Waals surface area contributed by atoms with E-state index in [9.17, 15) is 14.0 Å². The van der Waals surface area contributed by atoms with Crippen LogP contribution in [0.3, 0.4) is 0 Å². The van der Waals surface area contributed by atoms with E-state index < -0.39 is 17.8 Å². The predicted molar refractivity (Wildman–Crippen MR) is 118 cm³/mol. The maximum atomic E-state index is 14.3. The third-order valence-electron chi connectivity index (χ3n) is 4.91. The third kappa shape index (κ3) is 3.86. The molecular weight excluding hydrogens is 439 g/mol. The Morgan fingerprint density at radius 3 is 2.68 bits per heavy atom. The van der Waals surface area contributed by atoms with Gasteiger partial charge in [0.15, 0.2) is 4.80 Å². The second kappa shape index (κ2) is 8.61. The number of carbonyl (C=O) groups excluding carboxylic acids is 1. The van der Waals surface area contributed by atoms with E-state index in [1.54, 1.807) is 19.9 Å². The Balaban J connectivity index is 1.99. The summed E-state index contributed by atoms with van der Waals surface area (Å²) in [6, 6.07) is 12.9. The molecule has 0 bridgehead atoms. The van der Waals surface area contributed by atoms with E-state index >= 15 is 0 Å². The lowest BCUT2D eigenvalue weighted by Crippen LogP contribution is -2.39. The summed E-state index contributed by atoms with van der Waals surface area (Å²) in [5.74, 6) is -1.05. The van der Waals surface area contributed by atoms with E-state index in [1.165, 1.54) is 22.8 Å². The van der Waals surface area contributed by atoms with Crippen molar-refractivity contribution in [3.8, 4) is 0 Å². The molecular formula is C23H18ClFN2O3S. The number of hydrogen-bond donors (Lipinski definition) is 0. The van der Waals surface area contributed by atoms with Crippen molar-refractivity contribution in [2.75, 3.05) is 6.61 Å². The molecule has 1 aliphatic heterocycles. The summed E-state index contributed by atoms with van der Waals surface area (Å²) in [6.45, 7) is 3.64. The highest BCUT2D eigenvalue weighted by atomic mass is 35.5. The number of benzene rings is 2. The Bertz CT molecular complexity index is 1360. The van der Waals surface area contributed by atoms with Crippen molar-refractivity contribution < 1.29 is 13.9 Å². The molecule has 0 radical (unpaired) electrons. The van der Waals surface area contributed by atoms with E-state index in [-0.39, 0.29) is 27.3 Å². The minimum atomic E-state index is -0.699. The lowest BCUT2D eigenvalue weighted by Gasteiger charge is -2.24. The van der Waals surface area contributed by atoms with Crippen LogP contribution in [0, 0.1) is 5.82 Å². The molecule has 2 aromatic carbocycles. The number of hydrogen-bond acceptors (Lipinski definition) is 5. The number of carbonyl (C=O) groups is 1. The van der Waals surface area contributed by atoms with Crippen LogP contribution in [0.25, 0.3) is 6.08 Å². The molecule has 0 unspecified atom stereocenters. The van der Waals surface area contributed by atoms with Gasteiger partial charge in [-0.15, -0.1) is 0 Å². The molecule has 4 rings (SSSR count). The quantitative estimate of drug-likeness (QED) is 0.564. The summed E-state index contributed by atoms with van der Waals surface area (Å²) in [7, 11) is 0. The van der Waals surface area contributed by atoms with Crippen LogP contribution in [0.1, 0.15) is 31.0 Å². The first-order chi connectivity index (χ1) is 14.9. The molecule has 31 heavy (non-hydrogen) atoms. The monoisotopic (exact) mass is 456 g/mol. The number of fused-ring (bicyclic) bond motifs is 1. The molecule has 2 heterocycles. The summed E-state index contributed by atoms with van der Waals surface area (Å²) >= 11 is 7.26. The van der Waals surface area contributed by atoms with Crippen LogP contribution < -0.4 is 14.9 Å². The highest BCUT2D eigenvalue weighted by Gasteiger charge is 2.33. The van der Waals surface area contributed by atoms with E-state index in [4.69, 9.17) is 16.3 Å². The Morgan fingerprint density at radius 1 is 1.26 bits per heavy atom. The number of esters is 1. The summed E-state index contributed by atoms with van der Waals surface area (Å²) in [5.41, 5.74) is 1.27. The number of allylic oxidation sites excluding steroid dienone is 1. The first-order valence-corrected chi connectivity index (χ1v) is 10.8. The number of nitrogens with zero attached hydrogens (tertiary/aromatic N) is 2. The molecule has 0 aliphatic carbocycles. The van der Waals surface area contributed by atoms with E-state index in [1.807, 2.05) is 30.3 Å². The first kappa shape index (κ1) is 21.2. The molecule has 0 saturated heterocycles. The zero-order chi connectivity index (χ0) is 22.1. The minimum absolute atomic E-state index is 0.132. The molecule has 0 amide bonds. The van der Waals surface area contributed by atoms with Crippen molar-refractivity contribution in [3.63, 3.8) is 0 Å². The van der Waals surface area contributed by atoms with Crippen molar-refractivity contribution in [1.82, 2.24) is 4.57 Å². The first-order valence-electron chi connectivity index (χ1n) is 9.61. The maximum absolute atomic E-state index is 14.3. The number of ether oxygens (including phenoxy) is 1. The second-order valence-electron chi connectivity index (χ2n) is 6.85. The van der Waals surface area contributed by atoms with Crippen molar-refractivity contribution in [2.45, 2.75) is 19.9 Å². The molecule has 158 valence electrons. The van der Waals surface area contributed by atoms with Crippen LogP contribution in [-0.4, -0.2) is 17.1 Å². The third-order valence-corrected chi connectivity index (χ3v) is 6.22. The highest BCUT2D eigenvalue weighted by molar-refractivity contribution is 7.07. The van der Waals surface area contributed by atoms with Gasteiger partial charge in [-0.3, -0.25) is 9.36 Å². The highest BCUT2D eigenvalue weighted by Crippen LogP contribution is 2.30. The maximum Gasteiger partial charge on any atom is 0.338 e. The summed E-state index contributed by atoms with van der Waals surface area (Å²) < 4.78 is 21.3. The Hall–Kier alpha value is -3.03. The van der Waals surface area contributed by atoms with Gasteiger partial charge in [0.2, 0.25) is 0 Å². The molecule has 1 aromatic heterocycles. The largest absolute Gasteiger partial charge is 0.463 e. The number of rotatable bonds is 4. The van der Waals surface area contributed by atoms with Crippen LogP contribution in [-0.2, 0) is 9.53 Å². The Morgan fingerprint density at radius 2 is 2.00 bits per heavy atom. The van der Waals surface area contributed by atoms with Crippen molar-refractivity contribution >= 4 is 35.0 Å². The van der Waals surface area contributed by atoms with Gasteiger partial charge in [-0.1, -0.05) is 59.3 Å². The van der Waals surface area contributed by atoms with Crippen molar-refractivity contribution in [1.29, 1.82) is 0 Å². The number of halogens is 2. The van der Waals surface area contributed by atoms with Crippen LogP contribution in [0.5, 0.6) is 0 Å². The SMILES string of the molecule is CCOC(=O)C1=C(C)N=c2s/c(=C\c3c(F)cccc3Cl)c(=O)n2[C@@H]1c1ccccc1. The van der Waals surface area contributed by atoms with Gasteiger partial charge in [0, 0.05) is 5.56 Å². The van der Waals surface area contributed by atoms with Gasteiger partial charge in [0.25, 0.3) is 5.56 Å². The minimum Gasteiger partial charge on any atom is -0.463 e. The van der Waals surface area contributed by atoms with Crippen LogP contribution >= 0.6 is 22.9 Å². The molecule has 0 saturated carbocycles. The van der Waals surface area contributed by atoms with Gasteiger partial charge in [0.1, 0.15) is 5.82 Å². The fourth-order valence-corrected chi connectivity index (χ4v) is 4.77. The zero-order valence-corrected chi connectivity index (χ0v) is 18.3. The van der Waals surface area contributed by atoms with Gasteiger partial charge in [-0.25, -0.2) is 14.2 Å². The van der Waals surface area contributed by atoms with E-state index in [0.717, 1.165) is 16.9 Å². The van der Waals surface area contributed by atoms with E-state index in [0.29, 0.717) is 16.1 Å². The lowest BCUT2D eigenvalue weighted by atomic mass is 9.96. The number of thiazole rings is 1. The second-order valence-corrected chi connectivity index (χ2v) is 8.26. The summed E-state index contributed by atoms with van der Waals surface area (Å²) in [5, 5.41) is 0.203. The van der Waals surface area contributed by atoms with Crippen LogP contribution in [0.4, 0.5) is 4.39 Å². The average Bonchev–Trinajstić information content (AvgIpc) is 3.05. The molecule has 5 nitrogen and oxygen atoms in total. The summed E-state index contributed by atoms with van der Waals surface area (Å²) in [4.78, 5) is 31.1. The number of aromatic nitrogens is 1. The molecule has 8 heteroatoms. The van der Waals surface area contributed by atoms with E-state index in [2.05, 4.69) is 4.99 Å². The molecule has 0 spiro atoms. The van der Waals surface area contributed by atoms with Gasteiger partial charge in [0.05, 0.1) is 33.5 Å². The molecule has 1 atom stereocenters. The standard InChI is InChI=1S/C23H18ClFN2O3S/c1-3-30-22(29)19-13(2)26-23-27(20(19)14-8-5-4-6-9-14)21(28)18(31-23)12-15-16(24)10-7-11-17(15)25/h4-12,20H,3H2,1-2H3/b18-12-/t20-/m1/s1. The van der Waals surface area contributed by atoms with Crippen molar-refractivity contribution in [2.24, 2.45) is 4.99 Å². The van der Waals surface area contributed by atoms with Crippen LogP contribution in [0.2, 0.25) is 5.02 Å². The summed E-state index contributed by atoms with van der Waals surface area (Å²) in [6.07, 6.45) is 1.42. The van der Waals surface area contributed by atoms with Gasteiger partial charge < -0.3 is 4.74 Å². The lowest BCUT2D eigenvalue weighted by molar-refractivity contribution is -0.139. The fraction of sp³-hybridized carbons (Fsp3) is 0.174. The zero-order valence-electron chi connectivity index (χ0n) is 16.8.